The second-order valence-electron chi connectivity index (χ2n) is 6.65. The number of ether oxygens (including phenoxy) is 3. The summed E-state index contributed by atoms with van der Waals surface area (Å²) in [6.07, 6.45) is 7.14. The Morgan fingerprint density at radius 1 is 1.08 bits per heavy atom. The van der Waals surface area contributed by atoms with Crippen molar-refractivity contribution < 1.29 is 14.2 Å². The number of hydrogen-bond acceptors (Lipinski definition) is 5. The first kappa shape index (κ1) is 16.2. The molecular weight excluding hydrogens is 316 g/mol. The average Bonchev–Trinajstić information content (AvgIpc) is 3.48. The largest absolute Gasteiger partial charge is 0.496 e. The lowest BCUT2D eigenvalue weighted by molar-refractivity contribution is 0.240. The summed E-state index contributed by atoms with van der Waals surface area (Å²) in [7, 11) is 1.72. The Morgan fingerprint density at radius 3 is 2.48 bits per heavy atom. The summed E-state index contributed by atoms with van der Waals surface area (Å²) in [6, 6.07) is 8.87. The van der Waals surface area contributed by atoms with Crippen LogP contribution in [0.4, 0.5) is 0 Å². The van der Waals surface area contributed by atoms with Crippen molar-refractivity contribution in [3.05, 3.63) is 47.8 Å². The third-order valence-corrected chi connectivity index (χ3v) is 4.72. The van der Waals surface area contributed by atoms with Crippen molar-refractivity contribution in [1.29, 1.82) is 0 Å². The molecule has 1 fully saturated rings. The third kappa shape index (κ3) is 3.87. The molecule has 25 heavy (non-hydrogen) atoms. The van der Waals surface area contributed by atoms with E-state index in [0.29, 0.717) is 19.3 Å². The maximum Gasteiger partial charge on any atom is 0.164 e. The summed E-state index contributed by atoms with van der Waals surface area (Å²) < 4.78 is 17.3. The Bertz CT molecular complexity index is 716. The van der Waals surface area contributed by atoms with Gasteiger partial charge < -0.3 is 14.2 Å². The number of pyridine rings is 1. The minimum Gasteiger partial charge on any atom is -0.496 e. The summed E-state index contributed by atoms with van der Waals surface area (Å²) >= 11 is 0. The molecule has 1 aliphatic carbocycles. The van der Waals surface area contributed by atoms with E-state index in [9.17, 15) is 0 Å². The van der Waals surface area contributed by atoms with Gasteiger partial charge in [-0.15, -0.1) is 0 Å². The van der Waals surface area contributed by atoms with Crippen LogP contribution in [0.5, 0.6) is 17.2 Å². The lowest BCUT2D eigenvalue weighted by atomic mass is 10.1. The fourth-order valence-electron chi connectivity index (χ4n) is 3.24. The molecule has 0 radical (unpaired) electrons. The molecule has 2 heterocycles. The highest BCUT2D eigenvalue weighted by Gasteiger charge is 2.30. The Labute approximate surface area is 148 Å². The number of benzene rings is 1. The molecule has 1 aromatic carbocycles. The van der Waals surface area contributed by atoms with Crippen LogP contribution in [0, 0.1) is 0 Å². The number of aromatic nitrogens is 1. The highest BCUT2D eigenvalue weighted by atomic mass is 16.5. The predicted octanol–water partition coefficient (Wildman–Crippen LogP) is 3.42. The molecule has 0 bridgehead atoms. The van der Waals surface area contributed by atoms with Crippen molar-refractivity contribution in [1.82, 2.24) is 9.88 Å². The molecule has 2 aliphatic rings. The minimum absolute atomic E-state index is 0.647. The van der Waals surface area contributed by atoms with Crippen molar-refractivity contribution in [3.8, 4) is 17.2 Å². The van der Waals surface area contributed by atoms with Gasteiger partial charge in [-0.3, -0.25) is 9.88 Å². The maximum atomic E-state index is 5.86. The normalized spacial score (nSPS) is 16.6. The van der Waals surface area contributed by atoms with Crippen LogP contribution in [0.15, 0.2) is 36.7 Å². The summed E-state index contributed by atoms with van der Waals surface area (Å²) in [5, 5.41) is 0. The monoisotopic (exact) mass is 340 g/mol. The van der Waals surface area contributed by atoms with Crippen molar-refractivity contribution >= 4 is 0 Å². The van der Waals surface area contributed by atoms with Gasteiger partial charge >= 0.3 is 0 Å². The lowest BCUT2D eigenvalue weighted by Gasteiger charge is -2.24. The second-order valence-corrected chi connectivity index (χ2v) is 6.65. The van der Waals surface area contributed by atoms with Crippen LogP contribution < -0.4 is 14.2 Å². The number of methoxy groups -OCH3 is 1. The van der Waals surface area contributed by atoms with Crippen LogP contribution in [-0.4, -0.2) is 36.2 Å². The highest BCUT2D eigenvalue weighted by molar-refractivity contribution is 5.51. The first-order chi connectivity index (χ1) is 12.3. The summed E-state index contributed by atoms with van der Waals surface area (Å²) in [6.45, 7) is 3.14. The van der Waals surface area contributed by atoms with E-state index in [0.717, 1.165) is 42.3 Å². The van der Waals surface area contributed by atoms with Gasteiger partial charge in [0.2, 0.25) is 0 Å². The SMILES string of the molecule is COc1cc2c(cc1CN(Cc1ccncc1)C1CC1)OCCCO2. The van der Waals surface area contributed by atoms with Gasteiger partial charge in [0.25, 0.3) is 0 Å². The molecule has 5 heteroatoms. The fraction of sp³-hybridized carbons (Fsp3) is 0.450. The van der Waals surface area contributed by atoms with Crippen molar-refractivity contribution in [3.63, 3.8) is 0 Å². The van der Waals surface area contributed by atoms with Crippen LogP contribution in [0.2, 0.25) is 0 Å². The van der Waals surface area contributed by atoms with Gasteiger partial charge in [0.1, 0.15) is 5.75 Å². The Kier molecular flexibility index (Phi) is 4.74. The zero-order chi connectivity index (χ0) is 17.1. The molecule has 0 spiro atoms. The molecule has 1 aromatic heterocycles. The molecule has 0 N–H and O–H groups in total. The number of fused-ring (bicyclic) bond motifs is 1. The molecule has 0 saturated heterocycles. The van der Waals surface area contributed by atoms with Gasteiger partial charge in [-0.1, -0.05) is 0 Å². The number of nitrogens with zero attached hydrogens (tertiary/aromatic N) is 2. The fourth-order valence-corrected chi connectivity index (χ4v) is 3.24. The van der Waals surface area contributed by atoms with Crippen molar-refractivity contribution in [2.45, 2.75) is 38.4 Å². The standard InChI is InChI=1S/C20H24N2O3/c1-23-18-12-20-19(24-9-2-10-25-20)11-16(18)14-22(17-3-4-17)13-15-5-7-21-8-6-15/h5-8,11-12,17H,2-4,9-10,13-14H2,1H3. The maximum absolute atomic E-state index is 5.86. The topological polar surface area (TPSA) is 43.8 Å². The van der Waals surface area contributed by atoms with E-state index < -0.39 is 0 Å². The van der Waals surface area contributed by atoms with Crippen LogP contribution in [0.3, 0.4) is 0 Å². The predicted molar refractivity (Wildman–Crippen MR) is 95.1 cm³/mol. The van der Waals surface area contributed by atoms with Gasteiger partial charge in [0, 0.05) is 49.6 Å². The summed E-state index contributed by atoms with van der Waals surface area (Å²) in [5.41, 5.74) is 2.43. The number of hydrogen-bond donors (Lipinski definition) is 0. The average molecular weight is 340 g/mol. The van der Waals surface area contributed by atoms with Crippen molar-refractivity contribution in [2.24, 2.45) is 0 Å². The first-order valence-corrected chi connectivity index (χ1v) is 8.93. The molecule has 2 aromatic rings. The van der Waals surface area contributed by atoms with E-state index in [1.165, 1.54) is 18.4 Å². The van der Waals surface area contributed by atoms with Crippen LogP contribution in [-0.2, 0) is 13.1 Å². The zero-order valence-corrected chi connectivity index (χ0v) is 14.6. The summed E-state index contributed by atoms with van der Waals surface area (Å²) in [4.78, 5) is 6.62. The van der Waals surface area contributed by atoms with E-state index in [-0.39, 0.29) is 0 Å². The highest BCUT2D eigenvalue weighted by Crippen LogP contribution is 2.38. The first-order valence-electron chi connectivity index (χ1n) is 8.93. The smallest absolute Gasteiger partial charge is 0.164 e. The minimum atomic E-state index is 0.647. The molecule has 4 rings (SSSR count). The van der Waals surface area contributed by atoms with Gasteiger partial charge in [0.15, 0.2) is 11.5 Å². The quantitative estimate of drug-likeness (QED) is 0.806. The Morgan fingerprint density at radius 2 is 1.80 bits per heavy atom. The molecule has 0 amide bonds. The van der Waals surface area contributed by atoms with Gasteiger partial charge in [-0.25, -0.2) is 0 Å². The third-order valence-electron chi connectivity index (χ3n) is 4.72. The Hall–Kier alpha value is -2.27. The Balaban J connectivity index is 1.58. The van der Waals surface area contributed by atoms with Crippen LogP contribution >= 0.6 is 0 Å². The van der Waals surface area contributed by atoms with E-state index in [4.69, 9.17) is 14.2 Å². The zero-order valence-electron chi connectivity index (χ0n) is 14.6. The summed E-state index contributed by atoms with van der Waals surface area (Å²) in [5.74, 6) is 2.47. The molecule has 132 valence electrons. The molecule has 5 nitrogen and oxygen atoms in total. The van der Waals surface area contributed by atoms with E-state index in [1.807, 2.05) is 18.5 Å². The molecule has 0 atom stereocenters. The van der Waals surface area contributed by atoms with Crippen LogP contribution in [0.25, 0.3) is 0 Å². The van der Waals surface area contributed by atoms with Gasteiger partial charge in [-0.2, -0.15) is 0 Å². The van der Waals surface area contributed by atoms with Crippen LogP contribution in [0.1, 0.15) is 30.4 Å². The molecule has 1 saturated carbocycles. The van der Waals surface area contributed by atoms with Crippen molar-refractivity contribution in [2.75, 3.05) is 20.3 Å². The van der Waals surface area contributed by atoms with Gasteiger partial charge in [0.05, 0.1) is 20.3 Å². The molecular formula is C20H24N2O3. The number of rotatable bonds is 6. The second kappa shape index (κ2) is 7.31. The van der Waals surface area contributed by atoms with Gasteiger partial charge in [-0.05, 0) is 36.6 Å². The van der Waals surface area contributed by atoms with E-state index in [2.05, 4.69) is 28.1 Å². The van der Waals surface area contributed by atoms with E-state index >= 15 is 0 Å². The molecule has 1 aliphatic heterocycles. The van der Waals surface area contributed by atoms with E-state index in [1.54, 1.807) is 7.11 Å². The lowest BCUT2D eigenvalue weighted by Crippen LogP contribution is -2.25. The molecule has 0 unspecified atom stereocenters.